The second-order valence-electron chi connectivity index (χ2n) is 8.31. The van der Waals surface area contributed by atoms with E-state index in [2.05, 4.69) is 0 Å². The zero-order valence-electron chi connectivity index (χ0n) is 18.5. The molecule has 34 heavy (non-hydrogen) atoms. The van der Waals surface area contributed by atoms with Crippen molar-refractivity contribution in [2.45, 2.75) is 69.5 Å². The van der Waals surface area contributed by atoms with E-state index in [-0.39, 0.29) is 16.1 Å². The normalized spacial score (nSPS) is 20.6. The Kier molecular flexibility index (Phi) is 7.24. The fraction of sp³-hybridized carbons (Fsp3) is 0.440. The topological polar surface area (TPSA) is 18.5 Å². The minimum absolute atomic E-state index is 0.0128. The van der Waals surface area contributed by atoms with Crippen LogP contribution in [0.25, 0.3) is 5.76 Å². The molecule has 1 aliphatic heterocycles. The van der Waals surface area contributed by atoms with Crippen LogP contribution in [-0.2, 0) is 13.4 Å². The number of hydrogen-bond donors (Lipinski definition) is 0. The Morgan fingerprint density at radius 2 is 1.50 bits per heavy atom. The molecule has 2 nitrogen and oxygen atoms in total. The van der Waals surface area contributed by atoms with Gasteiger partial charge in [0.15, 0.2) is 0 Å². The average molecular weight is 598 g/mol. The minimum atomic E-state index is -5.66. The molecule has 9 heteroatoms. The Bertz CT molecular complexity index is 1010. The summed E-state index contributed by atoms with van der Waals surface area (Å²) in [7, 11) is 0. The van der Waals surface area contributed by atoms with Crippen LogP contribution in [0.3, 0.4) is 0 Å². The van der Waals surface area contributed by atoms with Crippen LogP contribution in [0.5, 0.6) is 0 Å². The third kappa shape index (κ3) is 4.45. The SMILES string of the molecule is CC/C(=C(\OC1CCCCC1)c1ccccc1)I1OC(C(F)(F)F)(C(F)(F)F)c2ccccc21. The van der Waals surface area contributed by atoms with Crippen LogP contribution in [0.1, 0.15) is 56.6 Å². The zero-order chi connectivity index (χ0) is 24.6. The fourth-order valence-corrected chi connectivity index (χ4v) is 10.2. The number of allylic oxidation sites excluding steroid dienone is 1. The van der Waals surface area contributed by atoms with Gasteiger partial charge < -0.3 is 0 Å². The van der Waals surface area contributed by atoms with Gasteiger partial charge in [-0.05, 0) is 0 Å². The number of ether oxygens (including phenoxy) is 1. The van der Waals surface area contributed by atoms with Crippen molar-refractivity contribution in [3.8, 4) is 0 Å². The van der Waals surface area contributed by atoms with Crippen molar-refractivity contribution in [1.82, 2.24) is 0 Å². The van der Waals surface area contributed by atoms with E-state index in [1.807, 2.05) is 0 Å². The van der Waals surface area contributed by atoms with E-state index in [9.17, 15) is 26.3 Å². The summed E-state index contributed by atoms with van der Waals surface area (Å²) in [5.41, 5.74) is -4.55. The van der Waals surface area contributed by atoms with Crippen LogP contribution in [-0.4, -0.2) is 18.5 Å². The maximum atomic E-state index is 14.2. The van der Waals surface area contributed by atoms with E-state index in [0.717, 1.165) is 38.2 Å². The predicted octanol–water partition coefficient (Wildman–Crippen LogP) is 8.76. The van der Waals surface area contributed by atoms with E-state index < -0.39 is 43.8 Å². The van der Waals surface area contributed by atoms with Crippen molar-refractivity contribution in [2.75, 3.05) is 0 Å². The first-order valence-electron chi connectivity index (χ1n) is 11.2. The number of hydrogen-bond acceptors (Lipinski definition) is 2. The number of halogens is 7. The molecule has 2 aromatic carbocycles. The molecule has 0 amide bonds. The van der Waals surface area contributed by atoms with Crippen molar-refractivity contribution in [3.63, 3.8) is 0 Å². The molecule has 2 aliphatic rings. The molecule has 0 atom stereocenters. The summed E-state index contributed by atoms with van der Waals surface area (Å²) in [6, 6.07) is 13.8. The van der Waals surface area contributed by atoms with Gasteiger partial charge in [-0.25, -0.2) is 0 Å². The fourth-order valence-electron chi connectivity index (χ4n) is 4.41. The first-order valence-corrected chi connectivity index (χ1v) is 14.2. The molecular weight excluding hydrogens is 573 g/mol. The molecule has 0 radical (unpaired) electrons. The summed E-state index contributed by atoms with van der Waals surface area (Å²) in [5.74, 6) is 0.371. The first-order chi connectivity index (χ1) is 16.1. The Morgan fingerprint density at radius 3 is 2.09 bits per heavy atom. The molecule has 186 valence electrons. The van der Waals surface area contributed by atoms with Crippen LogP contribution < -0.4 is 0 Å². The van der Waals surface area contributed by atoms with Crippen molar-refractivity contribution in [2.24, 2.45) is 0 Å². The van der Waals surface area contributed by atoms with Gasteiger partial charge >= 0.3 is 203 Å². The molecule has 1 fully saturated rings. The first kappa shape index (κ1) is 25.3. The van der Waals surface area contributed by atoms with E-state index in [1.54, 1.807) is 37.3 Å². The Hall–Kier alpha value is -1.75. The van der Waals surface area contributed by atoms with Crippen LogP contribution >= 0.6 is 20.2 Å². The molecule has 0 spiro atoms. The second-order valence-corrected chi connectivity index (χ2v) is 12.6. The van der Waals surface area contributed by atoms with Gasteiger partial charge in [-0.15, -0.1) is 0 Å². The number of fused-ring (bicyclic) bond motifs is 1. The summed E-state index contributed by atoms with van der Waals surface area (Å²) in [5, 5.41) is 0. The third-order valence-electron chi connectivity index (χ3n) is 6.07. The summed E-state index contributed by atoms with van der Waals surface area (Å²) >= 11 is -3.64. The molecule has 4 rings (SSSR count). The summed E-state index contributed by atoms with van der Waals surface area (Å²) in [4.78, 5) is 0. The van der Waals surface area contributed by atoms with Gasteiger partial charge in [0.25, 0.3) is 0 Å². The van der Waals surface area contributed by atoms with Gasteiger partial charge in [-0.3, -0.25) is 0 Å². The molecule has 0 aromatic heterocycles. The molecule has 1 aliphatic carbocycles. The van der Waals surface area contributed by atoms with Crippen LogP contribution in [0.4, 0.5) is 26.3 Å². The quantitative estimate of drug-likeness (QED) is 0.195. The summed E-state index contributed by atoms with van der Waals surface area (Å²) in [6.07, 6.45) is -6.60. The van der Waals surface area contributed by atoms with Gasteiger partial charge in [0.1, 0.15) is 0 Å². The Labute approximate surface area is 202 Å². The molecule has 2 aromatic rings. The number of alkyl halides is 6. The molecule has 1 heterocycles. The van der Waals surface area contributed by atoms with Crippen LogP contribution in [0, 0.1) is 3.57 Å². The van der Waals surface area contributed by atoms with Gasteiger partial charge in [0.2, 0.25) is 0 Å². The van der Waals surface area contributed by atoms with E-state index in [1.165, 1.54) is 18.2 Å². The second kappa shape index (κ2) is 9.72. The predicted molar refractivity (Wildman–Crippen MR) is 126 cm³/mol. The van der Waals surface area contributed by atoms with Crippen molar-refractivity contribution in [1.29, 1.82) is 0 Å². The van der Waals surface area contributed by atoms with Crippen LogP contribution in [0.15, 0.2) is 58.2 Å². The van der Waals surface area contributed by atoms with Gasteiger partial charge in [0, 0.05) is 0 Å². The van der Waals surface area contributed by atoms with Crippen molar-refractivity contribution < 1.29 is 34.1 Å². The van der Waals surface area contributed by atoms with Gasteiger partial charge in [-0.2, -0.15) is 0 Å². The number of rotatable bonds is 5. The maximum absolute atomic E-state index is 14.2. The zero-order valence-corrected chi connectivity index (χ0v) is 20.6. The molecule has 0 bridgehead atoms. The Balaban J connectivity index is 1.90. The Morgan fingerprint density at radius 1 is 0.912 bits per heavy atom. The average Bonchev–Trinajstić information content (AvgIpc) is 3.17. The van der Waals surface area contributed by atoms with Gasteiger partial charge in [0.05, 0.1) is 0 Å². The van der Waals surface area contributed by atoms with Gasteiger partial charge in [-0.1, -0.05) is 0 Å². The van der Waals surface area contributed by atoms with E-state index in [0.29, 0.717) is 14.9 Å². The van der Waals surface area contributed by atoms with E-state index >= 15 is 0 Å². The monoisotopic (exact) mass is 598 g/mol. The molecule has 0 N–H and O–H groups in total. The third-order valence-corrected chi connectivity index (χ3v) is 11.6. The standard InChI is InChI=1S/C25H25F6IO2/c1-2-20(22(17-11-5-3-6-12-17)33-18-13-7-4-8-14-18)32-21-16-10-9-15-19(21)23(34-32,24(26,27)28)25(29,30)31/h3,5-6,9-12,15-16,18H,2,4,7-8,13-14H2,1H3/b22-20+. The van der Waals surface area contributed by atoms with Crippen molar-refractivity contribution in [3.05, 3.63) is 72.9 Å². The number of benzene rings is 2. The molecule has 0 saturated heterocycles. The van der Waals surface area contributed by atoms with Crippen molar-refractivity contribution >= 4 is 26.0 Å². The molecular formula is C25H25F6IO2. The van der Waals surface area contributed by atoms with Crippen LogP contribution in [0.2, 0.25) is 0 Å². The molecule has 1 saturated carbocycles. The van der Waals surface area contributed by atoms with E-state index in [4.69, 9.17) is 7.80 Å². The summed E-state index contributed by atoms with van der Waals surface area (Å²) in [6.45, 7) is 1.73. The molecule has 0 unspecified atom stereocenters. The summed E-state index contributed by atoms with van der Waals surface area (Å²) < 4.78 is 97.0.